The van der Waals surface area contributed by atoms with Crippen LogP contribution in [0.1, 0.15) is 137 Å². The summed E-state index contributed by atoms with van der Waals surface area (Å²) in [6, 6.07) is 2.12. The molecule has 23 nitrogen and oxygen atoms in total. The zero-order chi connectivity index (χ0) is 54.1. The molecule has 20 atom stereocenters. The maximum Gasteiger partial charge on any atom is 0.190 e. The van der Waals surface area contributed by atoms with E-state index in [0.29, 0.717) is 0 Å². The summed E-state index contributed by atoms with van der Waals surface area (Å²) in [7, 11) is 0. The number of rotatable bonds is 4. The van der Waals surface area contributed by atoms with Crippen LogP contribution in [0.3, 0.4) is 0 Å². The third-order valence-corrected chi connectivity index (χ3v) is 14.2. The van der Waals surface area contributed by atoms with Crippen LogP contribution in [0.5, 0.6) is 0 Å². The first-order valence-corrected chi connectivity index (χ1v) is 26.1. The Hall–Kier alpha value is -1.68. The number of nitrogens with zero attached hydrogens (tertiary/aromatic N) is 1. The molecular formula is C51H81NO22. The van der Waals surface area contributed by atoms with Crippen LogP contribution in [0.4, 0.5) is 0 Å². The average Bonchev–Trinajstić information content (AvgIpc) is 4.13. The monoisotopic (exact) mass is 1060 g/mol. The topological polar surface area (TPSA) is 246 Å². The minimum atomic E-state index is -0.753. The van der Waals surface area contributed by atoms with Crippen molar-refractivity contribution in [2.45, 2.75) is 307 Å². The second-order valence-corrected chi connectivity index (χ2v) is 24.3. The molecule has 0 aliphatic carbocycles. The van der Waals surface area contributed by atoms with Crippen LogP contribution in [0.15, 0.2) is 0 Å². The van der Waals surface area contributed by atoms with E-state index in [2.05, 4.69) is 13.0 Å². The maximum absolute atomic E-state index is 11.7. The summed E-state index contributed by atoms with van der Waals surface area (Å²) in [5, 5.41) is 18.3. The fourth-order valence-corrected chi connectivity index (χ4v) is 11.7. The van der Waals surface area contributed by atoms with Gasteiger partial charge in [0, 0.05) is 0 Å². The molecule has 0 spiro atoms. The van der Waals surface area contributed by atoms with Crippen LogP contribution in [-0.2, 0) is 99.5 Å². The van der Waals surface area contributed by atoms with E-state index >= 15 is 0 Å². The normalized spacial score (nSPS) is 47.6. The van der Waals surface area contributed by atoms with E-state index in [0.717, 1.165) is 6.42 Å². The number of carbonyl (C=O) groups excluding carboxylic acids is 1. The Balaban J connectivity index is 0.000000121. The Kier molecular flexibility index (Phi) is 15.3. The minimum Gasteiger partial charge on any atom is -0.394 e. The molecule has 0 aromatic rings. The number of ketones is 1. The number of Topliss-reactive ketones (excluding diaryl/α,β-unsaturated/α-hetero) is 1. The number of fused-ring (bicyclic) bond motifs is 12. The highest BCUT2D eigenvalue weighted by Gasteiger charge is 2.65. The predicted octanol–water partition coefficient (Wildman–Crippen LogP) is 4.44. The number of hydrogen-bond donors (Lipinski definition) is 1. The van der Waals surface area contributed by atoms with E-state index in [9.17, 15) is 9.90 Å². The van der Waals surface area contributed by atoms with Crippen molar-refractivity contribution >= 4 is 5.78 Å². The lowest BCUT2D eigenvalue weighted by Crippen LogP contribution is -2.57. The van der Waals surface area contributed by atoms with Crippen molar-refractivity contribution in [1.82, 2.24) is 0 Å². The van der Waals surface area contributed by atoms with Gasteiger partial charge >= 0.3 is 0 Å². The number of aliphatic hydroxyl groups excluding tert-OH is 1. The molecule has 0 bridgehead atoms. The lowest BCUT2D eigenvalue weighted by atomic mass is 9.97. The first-order valence-electron chi connectivity index (χ1n) is 26.1. The zero-order valence-electron chi connectivity index (χ0n) is 46.1. The summed E-state index contributed by atoms with van der Waals surface area (Å²) >= 11 is 0. The summed E-state index contributed by atoms with van der Waals surface area (Å²) in [6.07, 6.45) is -5.77. The second kappa shape index (κ2) is 19.8. The van der Waals surface area contributed by atoms with E-state index in [1.807, 2.05) is 111 Å². The highest BCUT2D eigenvalue weighted by molar-refractivity contribution is 5.81. The third-order valence-electron chi connectivity index (χ3n) is 14.2. The van der Waals surface area contributed by atoms with Gasteiger partial charge in [-0.25, -0.2) is 0 Å². The van der Waals surface area contributed by atoms with Crippen molar-refractivity contribution in [1.29, 1.82) is 5.26 Å². The van der Waals surface area contributed by atoms with E-state index < -0.39 is 83.5 Å². The van der Waals surface area contributed by atoms with E-state index in [1.54, 1.807) is 0 Å². The second-order valence-electron chi connectivity index (χ2n) is 24.3. The van der Waals surface area contributed by atoms with Gasteiger partial charge in [0.2, 0.25) is 0 Å². The van der Waals surface area contributed by atoms with Crippen LogP contribution in [0.2, 0.25) is 0 Å². The molecule has 0 aromatic heterocycles. The molecule has 12 aliphatic heterocycles. The molecule has 1 N–H and O–H groups in total. The Labute approximate surface area is 434 Å². The van der Waals surface area contributed by atoms with E-state index in [1.165, 1.54) is 6.92 Å². The van der Waals surface area contributed by atoms with Gasteiger partial charge in [0.05, 0.1) is 25.2 Å². The maximum atomic E-state index is 11.7. The molecule has 12 aliphatic rings. The zero-order valence-corrected chi connectivity index (χ0v) is 46.1. The summed E-state index contributed by atoms with van der Waals surface area (Å²) in [5.74, 6) is -5.62. The molecule has 12 heterocycles. The Morgan fingerprint density at radius 3 is 0.973 bits per heavy atom. The number of hydrogen-bond acceptors (Lipinski definition) is 23. The molecular weight excluding hydrogens is 979 g/mol. The molecule has 12 fully saturated rings. The molecule has 422 valence electrons. The average molecular weight is 1060 g/mol. The predicted molar refractivity (Wildman–Crippen MR) is 248 cm³/mol. The summed E-state index contributed by atoms with van der Waals surface area (Å²) < 4.78 is 116. The molecule has 8 unspecified atom stereocenters. The smallest absolute Gasteiger partial charge is 0.190 e. The standard InChI is InChI=1S/C13H19NO5.C13H20O6.C13H22O5.C12H20O6/c1-12(2)16-8-7(5-6-14)15-11-10(9(8)17-12)18-13(3,4)19-11;1-6(14)7-8-9(17-12(2,3)16-8)10-11(15-7)19-13(4,5)18-10;1-6-7-8-9(16-12(2,3)15-8)10-11(14-7)18-13(4,5)17-10;1-11(2)15-7-6(5-13)14-10-9(8(7)16-11)17-12(3,4)18-10/h7-11H,5H2,1-4H3;7-11H,1-5H3;7-11H,6H2,1-5H3;6-10,13H,5H2,1-4H3/t3*7-,8+,9?,10-,11?;6-,7+,8?,9-,10?/m0000/s1. The van der Waals surface area contributed by atoms with E-state index in [-0.39, 0.29) is 104 Å². The fraction of sp³-hybridized carbons (Fsp3) is 0.961. The number of nitriles is 1. The van der Waals surface area contributed by atoms with Crippen molar-refractivity contribution in [3.05, 3.63) is 0 Å². The van der Waals surface area contributed by atoms with Crippen molar-refractivity contribution in [2.75, 3.05) is 6.61 Å². The Morgan fingerprint density at radius 1 is 0.378 bits per heavy atom. The molecule has 0 aromatic carbocycles. The van der Waals surface area contributed by atoms with Crippen molar-refractivity contribution in [3.8, 4) is 6.07 Å². The van der Waals surface area contributed by atoms with Crippen LogP contribution < -0.4 is 0 Å². The van der Waals surface area contributed by atoms with Gasteiger partial charge in [-0.1, -0.05) is 6.92 Å². The molecule has 12 saturated heterocycles. The van der Waals surface area contributed by atoms with Gasteiger partial charge in [-0.05, 0) is 124 Å². The SMILES string of the molecule is CC(=O)[C@@H]1OC2OC(C)(C)O[C@H]2C2OC(C)(C)O[C@@H]21.CC1(C)OC2O[C@@H](CC#N)[C@H]3OC(C)(C)OC3[C@@H]2O1.CC1(C)OC2O[C@@H](CO)[C@H]3OC(C)(C)OC3[C@@H]2O1.CC[C@@H]1OC2OC(C)(C)O[C@H]2C2OC(C)(C)O[C@@H]21. The highest BCUT2D eigenvalue weighted by atomic mass is 16.9. The van der Waals surface area contributed by atoms with Gasteiger partial charge in [-0.15, -0.1) is 0 Å². The number of ether oxygens (including phenoxy) is 20. The van der Waals surface area contributed by atoms with Crippen LogP contribution in [0, 0.1) is 11.3 Å². The third kappa shape index (κ3) is 11.8. The number of carbonyl (C=O) groups is 1. The molecule has 12 rings (SSSR count). The summed E-state index contributed by atoms with van der Waals surface area (Å²) in [6.45, 7) is 33.1. The van der Waals surface area contributed by atoms with Gasteiger partial charge in [0.1, 0.15) is 91.6 Å². The van der Waals surface area contributed by atoms with Crippen molar-refractivity contribution < 1.29 is 105 Å². The Bertz CT molecular complexity index is 2010. The largest absolute Gasteiger partial charge is 0.394 e. The van der Waals surface area contributed by atoms with Gasteiger partial charge < -0.3 is 99.8 Å². The van der Waals surface area contributed by atoms with Crippen molar-refractivity contribution in [2.24, 2.45) is 0 Å². The quantitative estimate of drug-likeness (QED) is 0.409. The lowest BCUT2D eigenvalue weighted by Gasteiger charge is -2.36. The van der Waals surface area contributed by atoms with Gasteiger partial charge in [-0.3, -0.25) is 4.79 Å². The van der Waals surface area contributed by atoms with Crippen molar-refractivity contribution in [3.63, 3.8) is 0 Å². The summed E-state index contributed by atoms with van der Waals surface area (Å²) in [4.78, 5) is 11.7. The molecule has 0 saturated carbocycles. The highest BCUT2D eigenvalue weighted by Crippen LogP contribution is 2.49. The summed E-state index contributed by atoms with van der Waals surface area (Å²) in [5.41, 5.74) is 0. The van der Waals surface area contributed by atoms with Gasteiger partial charge in [0.15, 0.2) is 77.2 Å². The van der Waals surface area contributed by atoms with Crippen LogP contribution in [0.25, 0.3) is 0 Å². The molecule has 23 heteroatoms. The van der Waals surface area contributed by atoms with Gasteiger partial charge in [-0.2, -0.15) is 5.26 Å². The molecule has 0 amide bonds. The Morgan fingerprint density at radius 2 is 0.635 bits per heavy atom. The lowest BCUT2D eigenvalue weighted by molar-refractivity contribution is -0.240. The van der Waals surface area contributed by atoms with Crippen LogP contribution >= 0.6 is 0 Å². The molecule has 0 radical (unpaired) electrons. The van der Waals surface area contributed by atoms with Gasteiger partial charge in [0.25, 0.3) is 0 Å². The van der Waals surface area contributed by atoms with Crippen LogP contribution in [-0.4, -0.2) is 187 Å². The molecule has 74 heavy (non-hydrogen) atoms. The minimum absolute atomic E-state index is 0.00414. The van der Waals surface area contributed by atoms with E-state index in [4.69, 9.17) is 100.0 Å². The fourth-order valence-electron chi connectivity index (χ4n) is 11.7. The number of aliphatic hydroxyl groups is 1. The first kappa shape index (κ1) is 57.0. The first-order chi connectivity index (χ1) is 34.1.